The number of hydrogen-bond donors (Lipinski definition) is 1. The molecule has 1 N–H and O–H groups in total. The Morgan fingerprint density at radius 1 is 1.27 bits per heavy atom. The molecule has 0 radical (unpaired) electrons. The van der Waals surface area contributed by atoms with Crippen molar-refractivity contribution in [2.24, 2.45) is 0 Å². The minimum atomic E-state index is -0.173. The molecule has 0 spiro atoms. The quantitative estimate of drug-likeness (QED) is 0.824. The highest BCUT2D eigenvalue weighted by Crippen LogP contribution is 2.26. The van der Waals surface area contributed by atoms with Gasteiger partial charge in [-0.3, -0.25) is 9.69 Å². The molecular weight excluding hydrogens is 330 g/mol. The second kappa shape index (κ2) is 8.36. The number of nitrogens with one attached hydrogen (secondary N) is 1. The predicted octanol–water partition coefficient (Wildman–Crippen LogP) is 3.26. The first-order valence-electron chi connectivity index (χ1n) is 9.27. The van der Waals surface area contributed by atoms with Crippen LogP contribution in [0.25, 0.3) is 0 Å². The standard InChI is InChI=1S/C20H27N3O3/c1-4-25-20-16(9-7-14(2)22-20)19(24)21-13-17(23-11-5-6-12-23)18-10-8-15(3)26-18/h7-10,17H,4-6,11-13H2,1-3H3,(H,21,24). The molecule has 3 rings (SSSR count). The van der Waals surface area contributed by atoms with Gasteiger partial charge in [-0.25, -0.2) is 4.98 Å². The highest BCUT2D eigenvalue weighted by molar-refractivity contribution is 5.96. The van der Waals surface area contributed by atoms with Crippen molar-refractivity contribution in [2.75, 3.05) is 26.2 Å². The van der Waals surface area contributed by atoms with E-state index >= 15 is 0 Å². The molecule has 0 saturated carbocycles. The van der Waals surface area contributed by atoms with Crippen molar-refractivity contribution in [2.45, 2.75) is 39.7 Å². The second-order valence-electron chi connectivity index (χ2n) is 6.66. The Balaban J connectivity index is 1.73. The normalized spacial score (nSPS) is 15.8. The van der Waals surface area contributed by atoms with Crippen LogP contribution < -0.4 is 10.1 Å². The Kier molecular flexibility index (Phi) is 5.93. The molecule has 6 heteroatoms. The lowest BCUT2D eigenvalue weighted by Crippen LogP contribution is -2.36. The molecule has 26 heavy (non-hydrogen) atoms. The number of ether oxygens (including phenoxy) is 1. The van der Waals surface area contributed by atoms with E-state index in [2.05, 4.69) is 15.2 Å². The van der Waals surface area contributed by atoms with E-state index in [0.29, 0.717) is 24.6 Å². The number of aryl methyl sites for hydroxylation is 2. The Bertz CT molecular complexity index is 751. The van der Waals surface area contributed by atoms with Crippen LogP contribution in [0.3, 0.4) is 0 Å². The molecule has 1 fully saturated rings. The van der Waals surface area contributed by atoms with Crippen LogP contribution in [0, 0.1) is 13.8 Å². The predicted molar refractivity (Wildman–Crippen MR) is 99.5 cm³/mol. The fourth-order valence-corrected chi connectivity index (χ4v) is 3.33. The van der Waals surface area contributed by atoms with Crippen molar-refractivity contribution in [1.29, 1.82) is 0 Å². The van der Waals surface area contributed by atoms with Gasteiger partial charge in [0.25, 0.3) is 5.91 Å². The average molecular weight is 357 g/mol. The van der Waals surface area contributed by atoms with Crippen molar-refractivity contribution in [1.82, 2.24) is 15.2 Å². The van der Waals surface area contributed by atoms with Crippen molar-refractivity contribution < 1.29 is 13.9 Å². The number of aromatic nitrogens is 1. The van der Waals surface area contributed by atoms with E-state index < -0.39 is 0 Å². The number of furan rings is 1. The van der Waals surface area contributed by atoms with E-state index in [1.807, 2.05) is 39.0 Å². The van der Waals surface area contributed by atoms with Crippen molar-refractivity contribution in [3.05, 3.63) is 47.0 Å². The number of hydrogen-bond acceptors (Lipinski definition) is 5. The van der Waals surface area contributed by atoms with Crippen molar-refractivity contribution in [3.8, 4) is 5.88 Å². The third-order valence-corrected chi connectivity index (χ3v) is 4.65. The zero-order chi connectivity index (χ0) is 18.5. The minimum Gasteiger partial charge on any atom is -0.477 e. The van der Waals surface area contributed by atoms with Crippen LogP contribution in [0.5, 0.6) is 5.88 Å². The van der Waals surface area contributed by atoms with E-state index in [-0.39, 0.29) is 11.9 Å². The molecule has 0 aliphatic carbocycles. The lowest BCUT2D eigenvalue weighted by molar-refractivity contribution is 0.0929. The van der Waals surface area contributed by atoms with E-state index in [4.69, 9.17) is 9.15 Å². The fourth-order valence-electron chi connectivity index (χ4n) is 3.33. The first-order valence-corrected chi connectivity index (χ1v) is 9.27. The van der Waals surface area contributed by atoms with E-state index in [9.17, 15) is 4.79 Å². The maximum Gasteiger partial charge on any atom is 0.256 e. The minimum absolute atomic E-state index is 0.0455. The highest BCUT2D eigenvalue weighted by Gasteiger charge is 2.27. The number of nitrogens with zero attached hydrogens (tertiary/aromatic N) is 2. The molecule has 0 bridgehead atoms. The molecule has 3 heterocycles. The van der Waals surface area contributed by atoms with Crippen molar-refractivity contribution in [3.63, 3.8) is 0 Å². The first kappa shape index (κ1) is 18.5. The summed E-state index contributed by atoms with van der Waals surface area (Å²) < 4.78 is 11.4. The zero-order valence-electron chi connectivity index (χ0n) is 15.7. The first-order chi connectivity index (χ1) is 12.6. The summed E-state index contributed by atoms with van der Waals surface area (Å²) in [7, 11) is 0. The fraction of sp³-hybridized carbons (Fsp3) is 0.500. The van der Waals surface area contributed by atoms with Gasteiger partial charge in [0, 0.05) is 12.2 Å². The van der Waals surface area contributed by atoms with Gasteiger partial charge in [-0.2, -0.15) is 0 Å². The number of carbonyl (C=O) groups excluding carboxylic acids is 1. The largest absolute Gasteiger partial charge is 0.477 e. The van der Waals surface area contributed by atoms with Gasteiger partial charge in [0.15, 0.2) is 0 Å². The third-order valence-electron chi connectivity index (χ3n) is 4.65. The Morgan fingerprint density at radius 3 is 2.69 bits per heavy atom. The number of carbonyl (C=O) groups is 1. The third kappa shape index (κ3) is 4.25. The molecule has 1 atom stereocenters. The average Bonchev–Trinajstić information content (AvgIpc) is 3.28. The molecule has 1 saturated heterocycles. The van der Waals surface area contributed by atoms with Crippen LogP contribution in [0.4, 0.5) is 0 Å². The maximum atomic E-state index is 12.7. The summed E-state index contributed by atoms with van der Waals surface area (Å²) in [6.07, 6.45) is 2.36. The smallest absolute Gasteiger partial charge is 0.256 e. The van der Waals surface area contributed by atoms with Gasteiger partial charge < -0.3 is 14.5 Å². The number of pyridine rings is 1. The summed E-state index contributed by atoms with van der Waals surface area (Å²) in [4.78, 5) is 19.4. The summed E-state index contributed by atoms with van der Waals surface area (Å²) in [6, 6.07) is 7.61. The Morgan fingerprint density at radius 2 is 2.04 bits per heavy atom. The Hall–Kier alpha value is -2.34. The Labute approximate surface area is 154 Å². The summed E-state index contributed by atoms with van der Waals surface area (Å²) in [5.74, 6) is 2.00. The van der Waals surface area contributed by atoms with Crippen LogP contribution in [-0.2, 0) is 0 Å². The molecular formula is C20H27N3O3. The van der Waals surface area contributed by atoms with Gasteiger partial charge in [-0.15, -0.1) is 0 Å². The SMILES string of the molecule is CCOc1nc(C)ccc1C(=O)NCC(c1ccc(C)o1)N1CCCC1. The molecule has 1 aliphatic heterocycles. The van der Waals surface area contributed by atoms with Crippen LogP contribution in [0.2, 0.25) is 0 Å². The summed E-state index contributed by atoms with van der Waals surface area (Å²) in [5.41, 5.74) is 1.29. The maximum absolute atomic E-state index is 12.7. The molecule has 1 unspecified atom stereocenters. The van der Waals surface area contributed by atoms with Gasteiger partial charge in [0.05, 0.1) is 12.6 Å². The highest BCUT2D eigenvalue weighted by atomic mass is 16.5. The van der Waals surface area contributed by atoms with Gasteiger partial charge in [0.2, 0.25) is 5.88 Å². The lowest BCUT2D eigenvalue weighted by Gasteiger charge is -2.26. The van der Waals surface area contributed by atoms with E-state index in [1.165, 1.54) is 12.8 Å². The summed E-state index contributed by atoms with van der Waals surface area (Å²) in [6.45, 7) is 8.72. The van der Waals surface area contributed by atoms with Crippen LogP contribution in [-0.4, -0.2) is 42.0 Å². The van der Waals surface area contributed by atoms with Gasteiger partial charge in [-0.05, 0) is 71.0 Å². The van der Waals surface area contributed by atoms with Gasteiger partial charge in [0.1, 0.15) is 17.1 Å². The molecule has 1 amide bonds. The number of likely N-dealkylation sites (tertiary alicyclic amines) is 1. The molecule has 140 valence electrons. The van der Waals surface area contributed by atoms with Crippen LogP contribution in [0.15, 0.2) is 28.7 Å². The van der Waals surface area contributed by atoms with Crippen LogP contribution in [0.1, 0.15) is 53.4 Å². The topological polar surface area (TPSA) is 67.6 Å². The lowest BCUT2D eigenvalue weighted by atomic mass is 10.1. The molecule has 2 aromatic heterocycles. The molecule has 1 aliphatic rings. The summed E-state index contributed by atoms with van der Waals surface area (Å²) in [5, 5.41) is 3.04. The van der Waals surface area contributed by atoms with Crippen LogP contribution >= 0.6 is 0 Å². The molecule has 6 nitrogen and oxygen atoms in total. The monoisotopic (exact) mass is 357 g/mol. The van der Waals surface area contributed by atoms with Crippen molar-refractivity contribution >= 4 is 5.91 Å². The number of amides is 1. The van der Waals surface area contributed by atoms with Gasteiger partial charge >= 0.3 is 0 Å². The molecule has 2 aromatic rings. The van der Waals surface area contributed by atoms with E-state index in [0.717, 1.165) is 30.3 Å². The van der Waals surface area contributed by atoms with Gasteiger partial charge in [-0.1, -0.05) is 0 Å². The van der Waals surface area contributed by atoms with E-state index in [1.54, 1.807) is 6.07 Å². The summed E-state index contributed by atoms with van der Waals surface area (Å²) >= 11 is 0. The molecule has 0 aromatic carbocycles. The second-order valence-corrected chi connectivity index (χ2v) is 6.66. The number of rotatable bonds is 7. The zero-order valence-corrected chi connectivity index (χ0v) is 15.7.